The van der Waals surface area contributed by atoms with Crippen LogP contribution >= 0.6 is 0 Å². The van der Waals surface area contributed by atoms with Gasteiger partial charge in [-0.2, -0.15) is 8.42 Å². The summed E-state index contributed by atoms with van der Waals surface area (Å²) < 4.78 is 34.3. The molecule has 0 aliphatic heterocycles. The van der Waals surface area contributed by atoms with E-state index in [1.165, 1.54) is 12.1 Å². The van der Waals surface area contributed by atoms with Crippen molar-refractivity contribution < 1.29 is 17.4 Å². The summed E-state index contributed by atoms with van der Waals surface area (Å²) in [7, 11) is -4.20. The molecule has 0 aromatic carbocycles. The topological polar surface area (TPSA) is 67.5 Å². The second kappa shape index (κ2) is 3.12. The van der Waals surface area contributed by atoms with Gasteiger partial charge in [-0.05, 0) is 12.1 Å². The fourth-order valence-corrected chi connectivity index (χ4v) is 1.20. The molecule has 12 heavy (non-hydrogen) atoms. The maximum atomic E-state index is 10.5. The van der Waals surface area contributed by atoms with Gasteiger partial charge in [-0.3, -0.25) is 4.55 Å². The molecule has 0 spiro atoms. The first-order chi connectivity index (χ1) is 5.54. The van der Waals surface area contributed by atoms with Crippen molar-refractivity contribution in [3.8, 4) is 0 Å². The van der Waals surface area contributed by atoms with Crippen LogP contribution in [0, 0.1) is 0 Å². The molecule has 0 unspecified atom stereocenters. The first-order valence-electron chi connectivity index (χ1n) is 3.21. The fourth-order valence-electron chi connectivity index (χ4n) is 0.749. The zero-order valence-corrected chi connectivity index (χ0v) is 7.04. The van der Waals surface area contributed by atoms with E-state index in [9.17, 15) is 8.42 Å². The Kier molecular flexibility index (Phi) is 2.35. The van der Waals surface area contributed by atoms with Gasteiger partial charge in [0.15, 0.2) is 0 Å². The van der Waals surface area contributed by atoms with Crippen LogP contribution in [0.1, 0.15) is 5.76 Å². The Morgan fingerprint density at radius 1 is 1.58 bits per heavy atom. The lowest BCUT2D eigenvalue weighted by Gasteiger charge is -1.89. The first kappa shape index (κ1) is 9.02. The molecule has 0 saturated heterocycles. The summed E-state index contributed by atoms with van der Waals surface area (Å²) in [4.78, 5) is 0. The molecule has 0 aliphatic rings. The molecule has 1 rings (SSSR count). The molecular formula is C7H8O4S. The normalized spacial score (nSPS) is 11.4. The molecule has 1 heterocycles. The van der Waals surface area contributed by atoms with Crippen LogP contribution in [-0.4, -0.2) is 13.0 Å². The molecule has 0 saturated carbocycles. The lowest BCUT2D eigenvalue weighted by molar-refractivity contribution is 0.390. The molecule has 0 amide bonds. The summed E-state index contributed by atoms with van der Waals surface area (Å²) in [6.07, 6.45) is 2.02. The van der Waals surface area contributed by atoms with Gasteiger partial charge < -0.3 is 4.42 Å². The van der Waals surface area contributed by atoms with Gasteiger partial charge in [0.2, 0.25) is 5.09 Å². The van der Waals surface area contributed by atoms with E-state index in [0.717, 1.165) is 0 Å². The summed E-state index contributed by atoms with van der Waals surface area (Å²) >= 11 is 0. The second-order valence-electron chi connectivity index (χ2n) is 2.19. The first-order valence-corrected chi connectivity index (χ1v) is 4.65. The van der Waals surface area contributed by atoms with E-state index in [4.69, 9.17) is 8.97 Å². The van der Waals surface area contributed by atoms with E-state index in [2.05, 4.69) is 6.58 Å². The van der Waals surface area contributed by atoms with E-state index in [0.29, 0.717) is 12.2 Å². The van der Waals surface area contributed by atoms with Crippen molar-refractivity contribution >= 4 is 10.1 Å². The highest BCUT2D eigenvalue weighted by Crippen LogP contribution is 2.13. The average Bonchev–Trinajstić information content (AvgIpc) is 2.35. The van der Waals surface area contributed by atoms with Gasteiger partial charge >= 0.3 is 10.1 Å². The largest absolute Gasteiger partial charge is 0.447 e. The fraction of sp³-hybridized carbons (Fsp3) is 0.143. The van der Waals surface area contributed by atoms with E-state index < -0.39 is 15.2 Å². The number of hydrogen-bond acceptors (Lipinski definition) is 3. The summed E-state index contributed by atoms with van der Waals surface area (Å²) in [6, 6.07) is 2.68. The van der Waals surface area contributed by atoms with Crippen molar-refractivity contribution in [2.75, 3.05) is 0 Å². The Hall–Kier alpha value is -1.07. The van der Waals surface area contributed by atoms with Gasteiger partial charge in [-0.1, -0.05) is 6.08 Å². The third kappa shape index (κ3) is 1.96. The van der Waals surface area contributed by atoms with Gasteiger partial charge in [-0.15, -0.1) is 6.58 Å². The number of allylic oxidation sites excluding steroid dienone is 1. The van der Waals surface area contributed by atoms with Crippen LogP contribution in [0.3, 0.4) is 0 Å². The maximum absolute atomic E-state index is 10.5. The lowest BCUT2D eigenvalue weighted by Crippen LogP contribution is -1.94. The smallest absolute Gasteiger partial charge is 0.328 e. The summed E-state index contributed by atoms with van der Waals surface area (Å²) in [5, 5.41) is -0.431. The zero-order chi connectivity index (χ0) is 9.19. The van der Waals surface area contributed by atoms with Crippen LogP contribution in [0.4, 0.5) is 0 Å². The molecule has 0 aliphatic carbocycles. The molecule has 0 radical (unpaired) electrons. The predicted octanol–water partition coefficient (Wildman–Crippen LogP) is 1.25. The van der Waals surface area contributed by atoms with E-state index in [1.807, 2.05) is 0 Å². The molecule has 0 bridgehead atoms. The highest BCUT2D eigenvalue weighted by atomic mass is 32.2. The Morgan fingerprint density at radius 3 is 2.67 bits per heavy atom. The predicted molar refractivity (Wildman–Crippen MR) is 42.4 cm³/mol. The molecule has 0 fully saturated rings. The second-order valence-corrected chi connectivity index (χ2v) is 3.54. The quantitative estimate of drug-likeness (QED) is 0.572. The van der Waals surface area contributed by atoms with Crippen LogP contribution in [0.25, 0.3) is 0 Å². The lowest BCUT2D eigenvalue weighted by atomic mass is 10.3. The molecule has 1 N–H and O–H groups in total. The Bertz CT molecular complexity index is 374. The van der Waals surface area contributed by atoms with Crippen molar-refractivity contribution in [1.29, 1.82) is 0 Å². The van der Waals surface area contributed by atoms with E-state index in [1.54, 1.807) is 6.08 Å². The van der Waals surface area contributed by atoms with Crippen molar-refractivity contribution in [2.24, 2.45) is 0 Å². The minimum Gasteiger partial charge on any atom is -0.447 e. The van der Waals surface area contributed by atoms with Gasteiger partial charge in [0.25, 0.3) is 0 Å². The molecule has 66 valence electrons. The van der Waals surface area contributed by atoms with Crippen LogP contribution in [-0.2, 0) is 16.5 Å². The number of rotatable bonds is 3. The third-order valence-electron chi connectivity index (χ3n) is 1.24. The Balaban J connectivity index is 2.99. The van der Waals surface area contributed by atoms with Crippen molar-refractivity contribution in [3.63, 3.8) is 0 Å². The van der Waals surface area contributed by atoms with Crippen molar-refractivity contribution in [1.82, 2.24) is 0 Å². The number of hydrogen-bond donors (Lipinski definition) is 1. The molecular weight excluding hydrogens is 180 g/mol. The summed E-state index contributed by atoms with van der Waals surface area (Å²) in [6.45, 7) is 3.46. The minimum atomic E-state index is -4.20. The minimum absolute atomic E-state index is 0.431. The SMILES string of the molecule is C=CCc1ccc(S(=O)(=O)O)o1. The Morgan fingerprint density at radius 2 is 2.25 bits per heavy atom. The van der Waals surface area contributed by atoms with Crippen LogP contribution in [0.5, 0.6) is 0 Å². The zero-order valence-electron chi connectivity index (χ0n) is 6.23. The standard InChI is InChI=1S/C7H8O4S/c1-2-3-6-4-5-7(11-6)12(8,9)10/h2,4-5H,1,3H2,(H,8,9,10). The molecule has 0 atom stereocenters. The average molecular weight is 188 g/mol. The highest BCUT2D eigenvalue weighted by Gasteiger charge is 2.13. The van der Waals surface area contributed by atoms with Crippen molar-refractivity contribution in [2.45, 2.75) is 11.5 Å². The van der Waals surface area contributed by atoms with Gasteiger partial charge in [-0.25, -0.2) is 0 Å². The Labute approximate surface area is 70.3 Å². The van der Waals surface area contributed by atoms with Crippen LogP contribution < -0.4 is 0 Å². The maximum Gasteiger partial charge on any atom is 0.328 e. The van der Waals surface area contributed by atoms with Crippen molar-refractivity contribution in [3.05, 3.63) is 30.5 Å². The summed E-state index contributed by atoms with van der Waals surface area (Å²) in [5.41, 5.74) is 0. The van der Waals surface area contributed by atoms with E-state index in [-0.39, 0.29) is 0 Å². The van der Waals surface area contributed by atoms with Gasteiger partial charge in [0.1, 0.15) is 5.76 Å². The third-order valence-corrected chi connectivity index (χ3v) is 1.96. The monoisotopic (exact) mass is 188 g/mol. The van der Waals surface area contributed by atoms with Crippen LogP contribution in [0.15, 0.2) is 34.3 Å². The summed E-state index contributed by atoms with van der Waals surface area (Å²) in [5.74, 6) is 0.456. The van der Waals surface area contributed by atoms with Gasteiger partial charge in [0, 0.05) is 6.42 Å². The number of furan rings is 1. The van der Waals surface area contributed by atoms with Gasteiger partial charge in [0.05, 0.1) is 0 Å². The molecule has 4 nitrogen and oxygen atoms in total. The van der Waals surface area contributed by atoms with Crippen LogP contribution in [0.2, 0.25) is 0 Å². The highest BCUT2D eigenvalue weighted by molar-refractivity contribution is 7.85. The van der Waals surface area contributed by atoms with E-state index >= 15 is 0 Å². The molecule has 1 aromatic rings. The molecule has 1 aromatic heterocycles. The molecule has 5 heteroatoms.